The number of rotatable bonds is 10. The van der Waals surface area contributed by atoms with E-state index in [-0.39, 0.29) is 5.75 Å². The minimum Gasteiger partial charge on any atom is -0.267 e. The third-order valence-corrected chi connectivity index (χ3v) is 6.78. The maximum absolute atomic E-state index is 12.0. The van der Waals surface area contributed by atoms with E-state index in [1.165, 1.54) is 24.6 Å². The summed E-state index contributed by atoms with van der Waals surface area (Å²) in [5.41, 5.74) is 3.27. The highest BCUT2D eigenvalue weighted by Gasteiger charge is 2.17. The first kappa shape index (κ1) is 22.5. The Bertz CT molecular complexity index is 857. The standard InChI is InChI=1S/C21H28N2O3S2/c1-3-4-5-6-7-8-15-28(24,25)26-23-21-12-11-20(27-21)19-10-9-17(2)18(16-19)13-14-22/h9,11-12,16H,3-8,10,13,15H2,1-2H3. The van der Waals surface area contributed by atoms with Crippen molar-refractivity contribution < 1.29 is 12.7 Å². The molecule has 152 valence electrons. The van der Waals surface area contributed by atoms with E-state index in [2.05, 4.69) is 24.2 Å². The number of hydrogen-bond acceptors (Lipinski definition) is 6. The molecule has 0 amide bonds. The topological polar surface area (TPSA) is 79.5 Å². The fourth-order valence-corrected chi connectivity index (χ4v) is 4.68. The van der Waals surface area contributed by atoms with Gasteiger partial charge in [-0.3, -0.25) is 4.28 Å². The highest BCUT2D eigenvalue weighted by atomic mass is 32.2. The molecule has 0 aromatic heterocycles. The molecule has 2 rings (SSSR count). The maximum Gasteiger partial charge on any atom is 0.328 e. The number of allylic oxidation sites excluding steroid dienone is 6. The molecule has 5 nitrogen and oxygen atoms in total. The van der Waals surface area contributed by atoms with Gasteiger partial charge in [-0.2, -0.15) is 13.7 Å². The van der Waals surface area contributed by atoms with Crippen LogP contribution in [0, 0.1) is 11.3 Å². The number of unbranched alkanes of at least 4 members (excludes halogenated alkanes) is 5. The Morgan fingerprint density at radius 2 is 1.96 bits per heavy atom. The van der Waals surface area contributed by atoms with E-state index >= 15 is 0 Å². The first-order valence-corrected chi connectivity index (χ1v) is 12.2. The Balaban J connectivity index is 1.87. The van der Waals surface area contributed by atoms with Crippen LogP contribution in [0.15, 0.2) is 51.1 Å². The van der Waals surface area contributed by atoms with Crippen molar-refractivity contribution in [3.63, 3.8) is 0 Å². The van der Waals surface area contributed by atoms with Gasteiger partial charge in [0, 0.05) is 4.91 Å². The summed E-state index contributed by atoms with van der Waals surface area (Å²) in [6.07, 6.45) is 15.1. The van der Waals surface area contributed by atoms with Gasteiger partial charge in [0.1, 0.15) is 5.04 Å². The Hall–Kier alpha value is -1.78. The molecule has 0 spiro atoms. The van der Waals surface area contributed by atoms with Gasteiger partial charge in [0.25, 0.3) is 0 Å². The molecule has 7 heteroatoms. The second-order valence-corrected chi connectivity index (χ2v) is 9.69. The number of nitriles is 1. The summed E-state index contributed by atoms with van der Waals surface area (Å²) in [6.45, 7) is 4.17. The molecule has 0 aromatic carbocycles. The van der Waals surface area contributed by atoms with Gasteiger partial charge in [-0.25, -0.2) is 0 Å². The number of hydrogen-bond donors (Lipinski definition) is 0. The van der Waals surface area contributed by atoms with Gasteiger partial charge in [0.15, 0.2) is 0 Å². The minimum absolute atomic E-state index is 0.00254. The van der Waals surface area contributed by atoms with Crippen LogP contribution in [0.3, 0.4) is 0 Å². The molecule has 0 radical (unpaired) electrons. The Kier molecular flexibility index (Phi) is 9.07. The molecule has 0 unspecified atom stereocenters. The number of nitrogens with zero attached hydrogens (tertiary/aromatic N) is 2. The van der Waals surface area contributed by atoms with Crippen molar-refractivity contribution in [3.05, 3.63) is 45.9 Å². The summed E-state index contributed by atoms with van der Waals surface area (Å²) in [6, 6.07) is 2.19. The van der Waals surface area contributed by atoms with Crippen LogP contribution in [0.1, 0.15) is 65.2 Å². The van der Waals surface area contributed by atoms with Gasteiger partial charge in [-0.05, 0) is 43.1 Å². The zero-order valence-corrected chi connectivity index (χ0v) is 18.2. The molecular weight excluding hydrogens is 392 g/mol. The smallest absolute Gasteiger partial charge is 0.267 e. The lowest BCUT2D eigenvalue weighted by Gasteiger charge is -2.14. The largest absolute Gasteiger partial charge is 0.328 e. The van der Waals surface area contributed by atoms with Crippen molar-refractivity contribution in [2.75, 3.05) is 5.75 Å². The number of oxime groups is 1. The third kappa shape index (κ3) is 7.33. The zero-order chi connectivity index (χ0) is 20.4. The normalized spacial score (nSPS) is 20.8. The molecule has 28 heavy (non-hydrogen) atoms. The zero-order valence-electron chi connectivity index (χ0n) is 16.6. The molecule has 0 bridgehead atoms. The molecule has 0 saturated heterocycles. The average Bonchev–Trinajstić information content (AvgIpc) is 3.14. The van der Waals surface area contributed by atoms with E-state index in [1.54, 1.807) is 6.08 Å². The molecule has 0 fully saturated rings. The Morgan fingerprint density at radius 1 is 1.21 bits per heavy atom. The van der Waals surface area contributed by atoms with Crippen LogP contribution in [0.25, 0.3) is 0 Å². The molecule has 0 N–H and O–H groups in total. The molecule has 1 aliphatic carbocycles. The second-order valence-electron chi connectivity index (χ2n) is 6.95. The van der Waals surface area contributed by atoms with Crippen LogP contribution < -0.4 is 0 Å². The summed E-state index contributed by atoms with van der Waals surface area (Å²) < 4.78 is 28.8. The van der Waals surface area contributed by atoms with Crippen molar-refractivity contribution >= 4 is 26.9 Å². The summed E-state index contributed by atoms with van der Waals surface area (Å²) in [5, 5.41) is 13.3. The van der Waals surface area contributed by atoms with Crippen molar-refractivity contribution in [1.82, 2.24) is 0 Å². The quantitative estimate of drug-likeness (QED) is 0.332. The van der Waals surface area contributed by atoms with Crippen LogP contribution in [0.2, 0.25) is 0 Å². The van der Waals surface area contributed by atoms with E-state index < -0.39 is 10.1 Å². The first-order chi connectivity index (χ1) is 13.4. The summed E-state index contributed by atoms with van der Waals surface area (Å²) in [7, 11) is -3.64. The predicted molar refractivity (Wildman–Crippen MR) is 116 cm³/mol. The molecule has 0 atom stereocenters. The lowest BCUT2D eigenvalue weighted by atomic mass is 9.93. The van der Waals surface area contributed by atoms with E-state index in [0.717, 1.165) is 47.3 Å². The monoisotopic (exact) mass is 420 g/mol. The average molecular weight is 421 g/mol. The van der Waals surface area contributed by atoms with Crippen LogP contribution in [0.4, 0.5) is 0 Å². The van der Waals surface area contributed by atoms with E-state index in [9.17, 15) is 8.42 Å². The fraction of sp³-hybridized carbons (Fsp3) is 0.524. The van der Waals surface area contributed by atoms with Crippen molar-refractivity contribution in [2.45, 2.75) is 65.2 Å². The lowest BCUT2D eigenvalue weighted by Crippen LogP contribution is -2.08. The maximum atomic E-state index is 12.0. The molecule has 1 heterocycles. The van der Waals surface area contributed by atoms with E-state index in [1.807, 2.05) is 19.1 Å². The van der Waals surface area contributed by atoms with Gasteiger partial charge in [0.05, 0.1) is 18.2 Å². The van der Waals surface area contributed by atoms with Crippen molar-refractivity contribution in [2.24, 2.45) is 5.16 Å². The predicted octanol–water partition coefficient (Wildman–Crippen LogP) is 5.75. The van der Waals surface area contributed by atoms with Gasteiger partial charge >= 0.3 is 10.1 Å². The minimum atomic E-state index is -3.64. The van der Waals surface area contributed by atoms with Crippen LogP contribution >= 0.6 is 11.8 Å². The summed E-state index contributed by atoms with van der Waals surface area (Å²) in [5.74, 6) is 0.00254. The first-order valence-electron chi connectivity index (χ1n) is 9.78. The van der Waals surface area contributed by atoms with Crippen molar-refractivity contribution in [3.8, 4) is 6.07 Å². The highest BCUT2D eigenvalue weighted by molar-refractivity contribution is 8.18. The van der Waals surface area contributed by atoms with Crippen LogP contribution in [-0.2, 0) is 14.4 Å². The van der Waals surface area contributed by atoms with E-state index in [4.69, 9.17) is 9.55 Å². The molecule has 0 aromatic rings. The SMILES string of the molecule is CCCCCCCCS(=O)(=O)ON=C1C=CC(=C2C=C(CC#N)C(C)=CC2)S1. The Labute approximate surface area is 173 Å². The third-order valence-electron chi connectivity index (χ3n) is 4.65. The summed E-state index contributed by atoms with van der Waals surface area (Å²) >= 11 is 1.39. The van der Waals surface area contributed by atoms with E-state index in [0.29, 0.717) is 17.9 Å². The van der Waals surface area contributed by atoms with Gasteiger partial charge in [-0.15, -0.1) is 0 Å². The fourth-order valence-electron chi connectivity index (χ4n) is 2.96. The molecule has 1 aliphatic heterocycles. The lowest BCUT2D eigenvalue weighted by molar-refractivity contribution is 0.339. The highest BCUT2D eigenvalue weighted by Crippen LogP contribution is 2.35. The van der Waals surface area contributed by atoms with Crippen LogP contribution in [-0.4, -0.2) is 19.2 Å². The van der Waals surface area contributed by atoms with Gasteiger partial charge < -0.3 is 0 Å². The molecule has 0 saturated carbocycles. The summed E-state index contributed by atoms with van der Waals surface area (Å²) in [4.78, 5) is 1.01. The van der Waals surface area contributed by atoms with Gasteiger partial charge in [0.2, 0.25) is 0 Å². The molecular formula is C21H28N2O3S2. The number of thioether (sulfide) groups is 1. The molecule has 2 aliphatic rings. The van der Waals surface area contributed by atoms with Crippen molar-refractivity contribution in [1.29, 1.82) is 5.26 Å². The Morgan fingerprint density at radius 3 is 2.71 bits per heavy atom. The second kappa shape index (κ2) is 11.3. The van der Waals surface area contributed by atoms with Crippen LogP contribution in [0.5, 0.6) is 0 Å². The van der Waals surface area contributed by atoms with Gasteiger partial charge in [-0.1, -0.05) is 73.7 Å².